The van der Waals surface area contributed by atoms with E-state index in [1.807, 2.05) is 0 Å². The molecule has 2 rings (SSSR count). The molecule has 1 aliphatic rings. The monoisotopic (exact) mass is 178 g/mol. The van der Waals surface area contributed by atoms with Gasteiger partial charge in [-0.2, -0.15) is 0 Å². The number of hydrogen-bond acceptors (Lipinski definition) is 4. The van der Waals surface area contributed by atoms with Crippen molar-refractivity contribution in [1.29, 1.82) is 0 Å². The van der Waals surface area contributed by atoms with Crippen LogP contribution in [0, 0.1) is 0 Å². The molecule has 0 radical (unpaired) electrons. The van der Waals surface area contributed by atoms with Gasteiger partial charge in [-0.05, 0) is 18.9 Å². The SMILES string of the molecule is Nc1ccnc(C(=O)NC2CC2)n1. The van der Waals surface area contributed by atoms with Crippen molar-refractivity contribution >= 4 is 11.7 Å². The maximum atomic E-state index is 11.4. The minimum absolute atomic E-state index is 0.145. The first-order chi connectivity index (χ1) is 6.25. The van der Waals surface area contributed by atoms with Crippen LogP contribution in [0.2, 0.25) is 0 Å². The van der Waals surface area contributed by atoms with Gasteiger partial charge < -0.3 is 11.1 Å². The van der Waals surface area contributed by atoms with Gasteiger partial charge in [-0.1, -0.05) is 0 Å². The minimum Gasteiger partial charge on any atom is -0.384 e. The highest BCUT2D eigenvalue weighted by Crippen LogP contribution is 2.18. The molecule has 3 N–H and O–H groups in total. The van der Waals surface area contributed by atoms with Gasteiger partial charge in [0.05, 0.1) is 0 Å². The van der Waals surface area contributed by atoms with Crippen LogP contribution in [-0.2, 0) is 0 Å². The summed E-state index contributed by atoms with van der Waals surface area (Å²) in [6.45, 7) is 0. The Balaban J connectivity index is 2.09. The van der Waals surface area contributed by atoms with Gasteiger partial charge in [0.25, 0.3) is 5.91 Å². The average Bonchev–Trinajstić information content (AvgIpc) is 2.88. The number of hydrogen-bond donors (Lipinski definition) is 2. The van der Waals surface area contributed by atoms with Crippen molar-refractivity contribution in [2.75, 3.05) is 5.73 Å². The number of nitrogens with one attached hydrogen (secondary N) is 1. The molecule has 5 heteroatoms. The van der Waals surface area contributed by atoms with Crippen molar-refractivity contribution in [3.8, 4) is 0 Å². The average molecular weight is 178 g/mol. The van der Waals surface area contributed by atoms with Crippen molar-refractivity contribution in [2.24, 2.45) is 0 Å². The second kappa shape index (κ2) is 3.01. The van der Waals surface area contributed by atoms with Crippen molar-refractivity contribution in [3.05, 3.63) is 18.1 Å². The Morgan fingerprint density at radius 1 is 1.62 bits per heavy atom. The van der Waals surface area contributed by atoms with Crippen LogP contribution in [0.1, 0.15) is 23.5 Å². The van der Waals surface area contributed by atoms with E-state index in [9.17, 15) is 4.79 Å². The number of carbonyl (C=O) groups is 1. The van der Waals surface area contributed by atoms with E-state index in [-0.39, 0.29) is 11.7 Å². The van der Waals surface area contributed by atoms with Gasteiger partial charge in [0.1, 0.15) is 5.82 Å². The van der Waals surface area contributed by atoms with Crippen molar-refractivity contribution in [3.63, 3.8) is 0 Å². The summed E-state index contributed by atoms with van der Waals surface area (Å²) in [4.78, 5) is 19.0. The summed E-state index contributed by atoms with van der Waals surface area (Å²) >= 11 is 0. The third kappa shape index (κ3) is 1.93. The maximum absolute atomic E-state index is 11.4. The van der Waals surface area contributed by atoms with E-state index >= 15 is 0 Å². The largest absolute Gasteiger partial charge is 0.384 e. The second-order valence-corrected chi connectivity index (χ2v) is 3.05. The lowest BCUT2D eigenvalue weighted by atomic mass is 10.5. The lowest BCUT2D eigenvalue weighted by Crippen LogP contribution is -2.27. The second-order valence-electron chi connectivity index (χ2n) is 3.05. The molecule has 1 aromatic heterocycles. The number of nitrogens with two attached hydrogens (primary N) is 1. The van der Waals surface area contributed by atoms with Crippen LogP contribution in [0.4, 0.5) is 5.82 Å². The molecule has 0 aromatic carbocycles. The van der Waals surface area contributed by atoms with Crippen LogP contribution in [0.15, 0.2) is 12.3 Å². The first-order valence-corrected chi connectivity index (χ1v) is 4.15. The Morgan fingerprint density at radius 2 is 2.38 bits per heavy atom. The van der Waals surface area contributed by atoms with Crippen LogP contribution in [0.25, 0.3) is 0 Å². The van der Waals surface area contributed by atoms with Crippen LogP contribution in [0.5, 0.6) is 0 Å². The summed E-state index contributed by atoms with van der Waals surface area (Å²) in [5.74, 6) is 0.220. The number of amides is 1. The summed E-state index contributed by atoms with van der Waals surface area (Å²) in [7, 11) is 0. The van der Waals surface area contributed by atoms with Gasteiger partial charge in [0, 0.05) is 12.2 Å². The number of aromatic nitrogens is 2. The molecule has 0 saturated heterocycles. The standard InChI is InChI=1S/C8H10N4O/c9-6-3-4-10-7(12-6)8(13)11-5-1-2-5/h3-5H,1-2H2,(H,11,13)(H2,9,10,12). The summed E-state index contributed by atoms with van der Waals surface area (Å²) in [6.07, 6.45) is 3.58. The summed E-state index contributed by atoms with van der Waals surface area (Å²) in [5, 5.41) is 2.78. The van der Waals surface area contributed by atoms with Gasteiger partial charge in [0.15, 0.2) is 0 Å². The Morgan fingerprint density at radius 3 is 3.00 bits per heavy atom. The minimum atomic E-state index is -0.241. The third-order valence-corrected chi connectivity index (χ3v) is 1.79. The fraction of sp³-hybridized carbons (Fsp3) is 0.375. The van der Waals surface area contributed by atoms with Crippen molar-refractivity contribution < 1.29 is 4.79 Å². The fourth-order valence-corrected chi connectivity index (χ4v) is 0.960. The van der Waals surface area contributed by atoms with Crippen molar-refractivity contribution in [1.82, 2.24) is 15.3 Å². The quantitative estimate of drug-likeness (QED) is 0.665. The molecular weight excluding hydrogens is 168 g/mol. The summed E-state index contributed by atoms with van der Waals surface area (Å²) < 4.78 is 0. The van der Waals surface area contributed by atoms with Gasteiger partial charge >= 0.3 is 0 Å². The van der Waals surface area contributed by atoms with E-state index in [4.69, 9.17) is 5.73 Å². The molecule has 1 heterocycles. The molecule has 1 fully saturated rings. The zero-order valence-electron chi connectivity index (χ0n) is 7.03. The van der Waals surface area contributed by atoms with E-state index in [2.05, 4.69) is 15.3 Å². The zero-order chi connectivity index (χ0) is 9.26. The predicted octanol–water partition coefficient (Wildman–Crippen LogP) is -0.0490. The molecule has 68 valence electrons. The normalized spacial score (nSPS) is 15.4. The Bertz CT molecular complexity index is 335. The highest BCUT2D eigenvalue weighted by atomic mass is 16.2. The smallest absolute Gasteiger partial charge is 0.289 e. The van der Waals surface area contributed by atoms with Crippen molar-refractivity contribution in [2.45, 2.75) is 18.9 Å². The van der Waals surface area contributed by atoms with E-state index < -0.39 is 0 Å². The number of carbonyl (C=O) groups excluding carboxylic acids is 1. The first-order valence-electron chi connectivity index (χ1n) is 4.15. The first kappa shape index (κ1) is 7.97. The number of rotatable bonds is 2. The third-order valence-electron chi connectivity index (χ3n) is 1.79. The molecule has 13 heavy (non-hydrogen) atoms. The molecule has 0 spiro atoms. The topological polar surface area (TPSA) is 80.9 Å². The Hall–Kier alpha value is -1.65. The summed E-state index contributed by atoms with van der Waals surface area (Å²) in [5.41, 5.74) is 5.41. The highest BCUT2D eigenvalue weighted by molar-refractivity contribution is 5.91. The molecule has 1 aliphatic carbocycles. The molecular formula is C8H10N4O. The van der Waals surface area contributed by atoms with Crippen LogP contribution < -0.4 is 11.1 Å². The van der Waals surface area contributed by atoms with Gasteiger partial charge in [-0.25, -0.2) is 9.97 Å². The maximum Gasteiger partial charge on any atom is 0.289 e. The molecule has 1 aromatic rings. The van der Waals surface area contributed by atoms with Gasteiger partial charge in [0.2, 0.25) is 5.82 Å². The lowest BCUT2D eigenvalue weighted by Gasteiger charge is -2.00. The molecule has 1 amide bonds. The predicted molar refractivity (Wildman–Crippen MR) is 46.9 cm³/mol. The lowest BCUT2D eigenvalue weighted by molar-refractivity contribution is 0.0940. The van der Waals surface area contributed by atoms with Crippen LogP contribution in [-0.4, -0.2) is 21.9 Å². The molecule has 0 bridgehead atoms. The number of nitrogen functional groups attached to an aromatic ring is 1. The van der Waals surface area contributed by atoms with E-state index in [1.54, 1.807) is 6.07 Å². The van der Waals surface area contributed by atoms with E-state index in [0.29, 0.717) is 11.9 Å². The van der Waals surface area contributed by atoms with Crippen LogP contribution in [0.3, 0.4) is 0 Å². The molecule has 0 aliphatic heterocycles. The Labute approximate surface area is 75.4 Å². The Kier molecular flexibility index (Phi) is 1.84. The van der Waals surface area contributed by atoms with E-state index in [0.717, 1.165) is 12.8 Å². The summed E-state index contributed by atoms with van der Waals surface area (Å²) in [6, 6.07) is 1.87. The molecule has 5 nitrogen and oxygen atoms in total. The highest BCUT2D eigenvalue weighted by Gasteiger charge is 2.24. The fourth-order valence-electron chi connectivity index (χ4n) is 0.960. The van der Waals surface area contributed by atoms with Gasteiger partial charge in [-0.3, -0.25) is 4.79 Å². The number of anilines is 1. The molecule has 1 saturated carbocycles. The van der Waals surface area contributed by atoms with Gasteiger partial charge in [-0.15, -0.1) is 0 Å². The zero-order valence-corrected chi connectivity index (χ0v) is 7.03. The molecule has 0 unspecified atom stereocenters. The number of nitrogens with zero attached hydrogens (tertiary/aromatic N) is 2. The van der Waals surface area contributed by atoms with E-state index in [1.165, 1.54) is 6.20 Å². The molecule has 0 atom stereocenters. The van der Waals surface area contributed by atoms with Crippen LogP contribution >= 0.6 is 0 Å².